The highest BCUT2D eigenvalue weighted by Crippen LogP contribution is 2.32. The molecule has 0 bridgehead atoms. The number of hydrogen-bond acceptors (Lipinski definition) is 7. The SMILES string of the molecule is Cc1cc(=O)oc2cc(OCC(=O)NCCN3C(=O)S/C(=C\c4ccccc4F)C3=O)ccc12. The first-order valence-electron chi connectivity index (χ1n) is 10.3. The Bertz CT molecular complexity index is 1380. The number of ether oxygens (including phenoxy) is 1. The Kier molecular flexibility index (Phi) is 6.78. The predicted molar refractivity (Wildman–Crippen MR) is 125 cm³/mol. The summed E-state index contributed by atoms with van der Waals surface area (Å²) < 4.78 is 24.4. The molecular formula is C24H19FN2O6S. The van der Waals surface area contributed by atoms with Crippen LogP contribution in [-0.2, 0) is 9.59 Å². The summed E-state index contributed by atoms with van der Waals surface area (Å²) in [6.45, 7) is 1.47. The summed E-state index contributed by atoms with van der Waals surface area (Å²) >= 11 is 0.718. The van der Waals surface area contributed by atoms with Gasteiger partial charge in [-0.3, -0.25) is 19.3 Å². The van der Waals surface area contributed by atoms with Gasteiger partial charge in [0.2, 0.25) is 0 Å². The first-order chi connectivity index (χ1) is 16.3. The van der Waals surface area contributed by atoms with E-state index in [1.807, 2.05) is 0 Å². The summed E-state index contributed by atoms with van der Waals surface area (Å²) in [7, 11) is 0. The zero-order valence-corrected chi connectivity index (χ0v) is 18.8. The summed E-state index contributed by atoms with van der Waals surface area (Å²) in [4.78, 5) is 49.4. The first-order valence-corrected chi connectivity index (χ1v) is 11.1. The van der Waals surface area contributed by atoms with Gasteiger partial charge in [0.15, 0.2) is 6.61 Å². The summed E-state index contributed by atoms with van der Waals surface area (Å²) in [5.41, 5.74) is 0.856. The van der Waals surface area contributed by atoms with Crippen molar-refractivity contribution in [1.82, 2.24) is 10.2 Å². The fourth-order valence-corrected chi connectivity index (χ4v) is 4.18. The molecular weight excluding hydrogens is 463 g/mol. The van der Waals surface area contributed by atoms with Gasteiger partial charge in [-0.05, 0) is 48.5 Å². The molecule has 0 spiro atoms. The summed E-state index contributed by atoms with van der Waals surface area (Å²) in [6, 6.07) is 12.2. The molecule has 2 heterocycles. The number of nitrogens with zero attached hydrogens (tertiary/aromatic N) is 1. The van der Waals surface area contributed by atoms with Gasteiger partial charge in [0, 0.05) is 36.2 Å². The molecule has 0 unspecified atom stereocenters. The van der Waals surface area contributed by atoms with Crippen LogP contribution in [0, 0.1) is 12.7 Å². The van der Waals surface area contributed by atoms with Crippen LogP contribution >= 0.6 is 11.8 Å². The van der Waals surface area contributed by atoms with Crippen LogP contribution in [0.15, 0.2) is 62.6 Å². The molecule has 0 radical (unpaired) electrons. The van der Waals surface area contributed by atoms with Gasteiger partial charge >= 0.3 is 5.63 Å². The Hall–Kier alpha value is -3.92. The zero-order valence-electron chi connectivity index (χ0n) is 18.0. The van der Waals surface area contributed by atoms with Crippen LogP contribution in [0.3, 0.4) is 0 Å². The van der Waals surface area contributed by atoms with Crippen molar-refractivity contribution in [2.75, 3.05) is 19.7 Å². The number of thioether (sulfide) groups is 1. The lowest BCUT2D eigenvalue weighted by molar-refractivity contribution is -0.125. The van der Waals surface area contributed by atoms with Crippen LogP contribution in [0.25, 0.3) is 17.0 Å². The molecule has 4 rings (SSSR count). The lowest BCUT2D eigenvalue weighted by atomic mass is 10.1. The van der Waals surface area contributed by atoms with Crippen molar-refractivity contribution in [3.8, 4) is 5.75 Å². The van der Waals surface area contributed by atoms with E-state index >= 15 is 0 Å². The van der Waals surface area contributed by atoms with Gasteiger partial charge in [0.25, 0.3) is 17.1 Å². The second kappa shape index (κ2) is 9.92. The van der Waals surface area contributed by atoms with E-state index in [-0.39, 0.29) is 30.2 Å². The molecule has 34 heavy (non-hydrogen) atoms. The smallest absolute Gasteiger partial charge is 0.336 e. The Balaban J connectivity index is 1.29. The van der Waals surface area contributed by atoms with Crippen molar-refractivity contribution in [3.63, 3.8) is 0 Å². The third kappa shape index (κ3) is 5.18. The Morgan fingerprint density at radius 1 is 1.18 bits per heavy atom. The normalized spacial score (nSPS) is 14.8. The van der Waals surface area contributed by atoms with Gasteiger partial charge in [-0.15, -0.1) is 0 Å². The van der Waals surface area contributed by atoms with E-state index in [0.29, 0.717) is 11.3 Å². The minimum Gasteiger partial charge on any atom is -0.484 e. The van der Waals surface area contributed by atoms with Crippen molar-refractivity contribution < 1.29 is 27.9 Å². The molecule has 1 saturated heterocycles. The van der Waals surface area contributed by atoms with Crippen LogP contribution in [0.1, 0.15) is 11.1 Å². The van der Waals surface area contributed by atoms with E-state index in [1.165, 1.54) is 36.4 Å². The van der Waals surface area contributed by atoms with E-state index in [9.17, 15) is 23.6 Å². The third-order valence-corrected chi connectivity index (χ3v) is 5.92. The van der Waals surface area contributed by atoms with Crippen molar-refractivity contribution in [2.45, 2.75) is 6.92 Å². The summed E-state index contributed by atoms with van der Waals surface area (Å²) in [5.74, 6) is -1.15. The number of halogens is 1. The van der Waals surface area contributed by atoms with E-state index in [2.05, 4.69) is 5.32 Å². The molecule has 1 fully saturated rings. The Morgan fingerprint density at radius 2 is 1.97 bits per heavy atom. The monoisotopic (exact) mass is 482 g/mol. The number of hydrogen-bond donors (Lipinski definition) is 1. The van der Waals surface area contributed by atoms with Gasteiger partial charge in [-0.2, -0.15) is 0 Å². The molecule has 3 aromatic rings. The van der Waals surface area contributed by atoms with Crippen molar-refractivity contribution >= 4 is 45.9 Å². The summed E-state index contributed by atoms with van der Waals surface area (Å²) in [6.07, 6.45) is 1.33. The largest absolute Gasteiger partial charge is 0.484 e. The number of amides is 3. The lowest BCUT2D eigenvalue weighted by Crippen LogP contribution is -2.38. The van der Waals surface area contributed by atoms with Crippen LogP contribution in [0.4, 0.5) is 9.18 Å². The molecule has 0 saturated carbocycles. The molecule has 174 valence electrons. The number of imide groups is 1. The lowest BCUT2D eigenvalue weighted by Gasteiger charge is -2.13. The number of fused-ring (bicyclic) bond motifs is 1. The fraction of sp³-hybridized carbons (Fsp3) is 0.167. The standard InChI is InChI=1S/C24H19FN2O6S/c1-14-10-22(29)33-19-12-16(6-7-17(14)19)32-13-21(28)26-8-9-27-23(30)20(34-24(27)31)11-15-4-2-3-5-18(15)25/h2-7,10-12H,8-9,13H2,1H3,(H,26,28)/b20-11-. The van der Waals surface area contributed by atoms with Crippen molar-refractivity contribution in [2.24, 2.45) is 0 Å². The molecule has 3 amide bonds. The topological polar surface area (TPSA) is 106 Å². The molecule has 1 aromatic heterocycles. The van der Waals surface area contributed by atoms with Gasteiger partial charge in [0.05, 0.1) is 4.91 Å². The van der Waals surface area contributed by atoms with E-state index in [1.54, 1.807) is 25.1 Å². The predicted octanol–water partition coefficient (Wildman–Crippen LogP) is 3.47. The van der Waals surface area contributed by atoms with Crippen molar-refractivity contribution in [3.05, 3.63) is 80.8 Å². The first kappa shape index (κ1) is 23.2. The van der Waals surface area contributed by atoms with Crippen molar-refractivity contribution in [1.29, 1.82) is 0 Å². The highest BCUT2D eigenvalue weighted by atomic mass is 32.2. The highest BCUT2D eigenvalue weighted by molar-refractivity contribution is 8.18. The van der Waals surface area contributed by atoms with Crippen LogP contribution < -0.4 is 15.7 Å². The van der Waals surface area contributed by atoms with Crippen LogP contribution in [0.5, 0.6) is 5.75 Å². The second-order valence-corrected chi connectivity index (χ2v) is 8.39. The number of benzene rings is 2. The maximum absolute atomic E-state index is 13.8. The van der Waals surface area contributed by atoms with Crippen LogP contribution in [0.2, 0.25) is 0 Å². The molecule has 1 aliphatic rings. The van der Waals surface area contributed by atoms with E-state index in [4.69, 9.17) is 9.15 Å². The third-order valence-electron chi connectivity index (χ3n) is 5.02. The maximum Gasteiger partial charge on any atom is 0.336 e. The Morgan fingerprint density at radius 3 is 2.76 bits per heavy atom. The van der Waals surface area contributed by atoms with E-state index < -0.39 is 28.5 Å². The number of aryl methyl sites for hydroxylation is 1. The molecule has 0 atom stereocenters. The fourth-order valence-electron chi connectivity index (χ4n) is 3.33. The second-order valence-electron chi connectivity index (χ2n) is 7.40. The maximum atomic E-state index is 13.8. The number of carbonyl (C=O) groups excluding carboxylic acids is 3. The molecule has 1 aliphatic heterocycles. The highest BCUT2D eigenvalue weighted by Gasteiger charge is 2.34. The quantitative estimate of drug-likeness (QED) is 0.406. The minimum absolute atomic E-state index is 0.0268. The molecule has 10 heteroatoms. The number of nitrogens with one attached hydrogen (secondary N) is 1. The zero-order chi connectivity index (χ0) is 24.2. The average Bonchev–Trinajstić information content (AvgIpc) is 3.06. The summed E-state index contributed by atoms with van der Waals surface area (Å²) in [5, 5.41) is 2.85. The molecule has 2 aromatic carbocycles. The van der Waals surface area contributed by atoms with Crippen LogP contribution in [-0.4, -0.2) is 41.6 Å². The van der Waals surface area contributed by atoms with E-state index in [0.717, 1.165) is 27.6 Å². The number of carbonyl (C=O) groups is 3. The average molecular weight is 482 g/mol. The molecule has 1 N–H and O–H groups in total. The Labute approximate surface area is 197 Å². The minimum atomic E-state index is -0.545. The van der Waals surface area contributed by atoms with Gasteiger partial charge < -0.3 is 14.5 Å². The van der Waals surface area contributed by atoms with Gasteiger partial charge in [-0.25, -0.2) is 9.18 Å². The molecule has 0 aliphatic carbocycles. The number of rotatable bonds is 7. The molecule has 8 nitrogen and oxygen atoms in total. The van der Waals surface area contributed by atoms with Gasteiger partial charge in [0.1, 0.15) is 17.1 Å². The van der Waals surface area contributed by atoms with Gasteiger partial charge in [-0.1, -0.05) is 18.2 Å².